The van der Waals surface area contributed by atoms with Gasteiger partial charge in [-0.05, 0) is 39.2 Å². The van der Waals surface area contributed by atoms with Gasteiger partial charge < -0.3 is 68.9 Å². The monoisotopic (exact) mass is 1380 g/mol. The number of hydrogen-bond acceptors (Lipinski definition) is 27. The van der Waals surface area contributed by atoms with Gasteiger partial charge in [-0.3, -0.25) is 14.5 Å². The first-order valence-corrected chi connectivity index (χ1v) is 31.3. The van der Waals surface area contributed by atoms with E-state index in [1.54, 1.807) is 0 Å². The molecule has 11 rings (SSSR count). The molecular formula is C61H72N8O27Si. The van der Waals surface area contributed by atoms with Crippen molar-refractivity contribution in [3.05, 3.63) is 96.6 Å². The van der Waals surface area contributed by atoms with Gasteiger partial charge in [-0.2, -0.15) is 0 Å². The summed E-state index contributed by atoms with van der Waals surface area (Å²) in [5, 5.41) is 14.2. The van der Waals surface area contributed by atoms with Crippen LogP contribution in [0.5, 0.6) is 0 Å². The molecule has 3 aromatic rings. The van der Waals surface area contributed by atoms with Crippen LogP contribution in [0.15, 0.2) is 91.0 Å². The van der Waals surface area contributed by atoms with E-state index in [4.69, 9.17) is 4.43 Å². The van der Waals surface area contributed by atoms with Crippen LogP contribution in [0, 0.1) is 11.8 Å². The van der Waals surface area contributed by atoms with Crippen LogP contribution < -0.4 is 37.0 Å². The van der Waals surface area contributed by atoms with Crippen molar-refractivity contribution in [2.75, 3.05) is 39.8 Å². The molecule has 8 aliphatic heterocycles. The highest BCUT2D eigenvalue weighted by Gasteiger charge is 2.50. The van der Waals surface area contributed by atoms with Crippen LogP contribution in [0.2, 0.25) is 5.04 Å². The summed E-state index contributed by atoms with van der Waals surface area (Å²) in [6.07, 6.45) is -4.06. The Hall–Kier alpha value is -11.3. The molecule has 4 unspecified atom stereocenters. The van der Waals surface area contributed by atoms with Crippen LogP contribution >= 0.6 is 0 Å². The molecular weight excluding hydrogens is 1300 g/mol. The second-order valence-corrected chi connectivity index (χ2v) is 27.1. The summed E-state index contributed by atoms with van der Waals surface area (Å²) in [5.74, 6) is -4.78. The summed E-state index contributed by atoms with van der Waals surface area (Å²) in [6.45, 7) is 16.6. The Morgan fingerprint density at radius 1 is 0.495 bits per heavy atom. The minimum absolute atomic E-state index is 0.0127. The van der Waals surface area contributed by atoms with Crippen molar-refractivity contribution in [1.82, 2.24) is 41.3 Å². The lowest BCUT2D eigenvalue weighted by molar-refractivity contribution is -0.137. The first-order valence-electron chi connectivity index (χ1n) is 29.4. The molecule has 5 N–H and O–H groups in total. The van der Waals surface area contributed by atoms with E-state index in [2.05, 4.69) is 110 Å². The number of imide groups is 2. The number of benzene rings is 3. The van der Waals surface area contributed by atoms with E-state index in [-0.39, 0.29) is 37.1 Å². The van der Waals surface area contributed by atoms with Crippen LogP contribution in [0.4, 0.5) is 38.4 Å². The molecule has 3 aromatic carbocycles. The lowest BCUT2D eigenvalue weighted by Gasteiger charge is -2.43. The molecule has 0 saturated carbocycles. The van der Waals surface area contributed by atoms with E-state index in [1.807, 2.05) is 94.4 Å². The fourth-order valence-electron chi connectivity index (χ4n) is 8.90. The third-order valence-corrected chi connectivity index (χ3v) is 18.5. The van der Waals surface area contributed by atoms with E-state index in [0.29, 0.717) is 31.8 Å². The summed E-state index contributed by atoms with van der Waals surface area (Å²) in [7, 11) is -1.12. The molecule has 8 heterocycles. The zero-order chi connectivity index (χ0) is 72.5. The topological polar surface area (TPSA) is 460 Å². The van der Waals surface area contributed by atoms with Gasteiger partial charge in [0.15, 0.2) is 0 Å². The molecule has 0 radical (unpaired) electrons. The normalized spacial score (nSPS) is 19.6. The first kappa shape index (κ1) is 78.1. The molecule has 8 saturated heterocycles. The van der Waals surface area contributed by atoms with Crippen molar-refractivity contribution < 1.29 is 129 Å². The number of carbonyl (C=O) groups excluding carboxylic acids is 18. The smallest absolute Gasteiger partial charge is 0.407 e. The Balaban J connectivity index is 0.000000247. The molecule has 0 spiro atoms. The van der Waals surface area contributed by atoms with Crippen molar-refractivity contribution in [3.63, 3.8) is 0 Å². The van der Waals surface area contributed by atoms with Gasteiger partial charge in [-0.15, -0.1) is 0 Å². The largest absolute Gasteiger partial charge is 0.424 e. The SMILES string of the molecule is CC(=O)N1CC(=O)OC1=O.CC(=O)N1CC(=O)OC1=O.CC(C)(C)[Si](OCCC1NC(=O)OC1=O)(c1ccccc1)c1ccccc1.CC(C)C1NC(=O)OC1=O.CC(C)CC1NC(=O)OC1=O.CN1CC(=O)OC1=O.O=C1CNC(=O)O1.O=C1NC(Cc2ccccc2)C(=O)O1. The van der Waals surface area contributed by atoms with Gasteiger partial charge in [0.05, 0.1) is 0 Å². The Kier molecular flexibility index (Phi) is 29.3. The molecule has 522 valence electrons. The average molecular weight is 1380 g/mol. The predicted octanol–water partition coefficient (Wildman–Crippen LogP) is 2.27. The van der Waals surface area contributed by atoms with Crippen molar-refractivity contribution in [2.45, 2.75) is 111 Å². The van der Waals surface area contributed by atoms with Gasteiger partial charge in [0, 0.05) is 40.3 Å². The van der Waals surface area contributed by atoms with Crippen molar-refractivity contribution >= 4 is 127 Å². The van der Waals surface area contributed by atoms with Crippen LogP contribution in [0.3, 0.4) is 0 Å². The van der Waals surface area contributed by atoms with Gasteiger partial charge in [-0.25, -0.2) is 86.5 Å². The maximum atomic E-state index is 11.7. The number of esters is 8. The third-order valence-electron chi connectivity index (χ3n) is 13.5. The zero-order valence-electron chi connectivity index (χ0n) is 54.1. The number of nitrogens with zero attached hydrogens (tertiary/aromatic N) is 3. The summed E-state index contributed by atoms with van der Waals surface area (Å²) >= 11 is 0. The second kappa shape index (κ2) is 36.4. The Morgan fingerprint density at radius 3 is 1.16 bits per heavy atom. The summed E-state index contributed by atoms with van der Waals surface area (Å²) in [4.78, 5) is 193. The Labute approximate surface area is 554 Å². The molecule has 4 atom stereocenters. The highest BCUT2D eigenvalue weighted by Crippen LogP contribution is 2.37. The predicted molar refractivity (Wildman–Crippen MR) is 328 cm³/mol. The number of likely N-dealkylation sites (N-methyl/N-ethyl adjacent to an activating group) is 1. The molecule has 97 heavy (non-hydrogen) atoms. The number of nitrogens with one attached hydrogen (secondary N) is 5. The lowest BCUT2D eigenvalue weighted by Crippen LogP contribution is -2.66. The number of amides is 10. The first-order chi connectivity index (χ1) is 45.5. The summed E-state index contributed by atoms with van der Waals surface area (Å²) in [6, 6.07) is 28.0. The Bertz CT molecular complexity index is 3370. The standard InChI is InChI=1S/C21H25NO4Si.C10H9NO3.C7H11NO3.C6H9NO3.2C5H5NO4.C4H5NO3.C3H3NO3/c1-21(2,3)27(16-10-6-4-7-11-16,17-12-8-5-9-13-17)25-15-14-18-19(23)26-20(24)22-18;12-9-8(11-10(13)14-9)6-7-4-2-1-3-5-7;1-4(2)3-5-6(9)11-7(10)8-5;1-3(2)4-5(8)10-6(9)7-4;2*1-3(7)6-2-4(8)10-5(6)9;1-5-2-3(6)8-4(5)7;5-2-1-4-3(6)7-2/h4-13,18H,14-15H2,1-3H3,(H,22,24);1-5,8H,6H2,(H,11,13);4-5H,3H2,1-2H3,(H,8,10);3-4H,1-2H3,(H,7,9);2*2H2,1H3;2H2,1H3;1H2,(H,4,6). The number of cyclic esters (lactones) is 16. The van der Waals surface area contributed by atoms with Crippen molar-refractivity contribution in [1.29, 1.82) is 0 Å². The molecule has 35 nitrogen and oxygen atoms in total. The van der Waals surface area contributed by atoms with Crippen molar-refractivity contribution in [3.8, 4) is 0 Å². The van der Waals surface area contributed by atoms with E-state index in [0.717, 1.165) is 15.4 Å². The highest BCUT2D eigenvalue weighted by atomic mass is 28.4. The second-order valence-electron chi connectivity index (χ2n) is 22.8. The summed E-state index contributed by atoms with van der Waals surface area (Å²) in [5.41, 5.74) is 0.997. The molecule has 8 aliphatic rings. The molecule has 36 heteroatoms. The number of alkyl carbamates (subject to hydrolysis) is 5. The number of ether oxygens (including phenoxy) is 8. The lowest BCUT2D eigenvalue weighted by atomic mass is 10.0. The molecule has 0 bridgehead atoms. The van der Waals surface area contributed by atoms with Gasteiger partial charge in [0.1, 0.15) is 50.3 Å². The number of hydrogen-bond donors (Lipinski definition) is 5. The van der Waals surface area contributed by atoms with Crippen LogP contribution in [0.1, 0.15) is 80.7 Å². The van der Waals surface area contributed by atoms with Crippen molar-refractivity contribution in [2.24, 2.45) is 11.8 Å². The zero-order valence-corrected chi connectivity index (χ0v) is 55.1. The van der Waals surface area contributed by atoms with E-state index < -0.39 is 141 Å². The highest BCUT2D eigenvalue weighted by molar-refractivity contribution is 6.99. The molecule has 0 aliphatic carbocycles. The quantitative estimate of drug-likeness (QED) is 0.0795. The minimum Gasteiger partial charge on any atom is -0.407 e. The van der Waals surface area contributed by atoms with Crippen LogP contribution in [-0.2, 0) is 96.7 Å². The van der Waals surface area contributed by atoms with Crippen LogP contribution in [0.25, 0.3) is 0 Å². The average Bonchev–Trinajstić information content (AvgIpc) is 1.61. The van der Waals surface area contributed by atoms with Gasteiger partial charge in [0.2, 0.25) is 11.8 Å². The maximum absolute atomic E-state index is 11.7. The van der Waals surface area contributed by atoms with Gasteiger partial charge >= 0.3 is 96.5 Å². The fourth-order valence-corrected chi connectivity index (χ4v) is 13.5. The number of rotatable bonds is 11. The minimum atomic E-state index is -2.63. The fraction of sp³-hybridized carbons (Fsp3) is 0.410. The maximum Gasteiger partial charge on any atom is 0.424 e. The Morgan fingerprint density at radius 2 is 0.897 bits per heavy atom. The van der Waals surface area contributed by atoms with Gasteiger partial charge in [0.25, 0.3) is 8.32 Å². The molecule has 8 fully saturated rings. The number of carbonyl (C=O) groups is 18. The van der Waals surface area contributed by atoms with E-state index >= 15 is 0 Å². The third kappa shape index (κ3) is 24.5. The molecule has 10 amide bonds. The van der Waals surface area contributed by atoms with E-state index in [1.165, 1.54) is 36.2 Å². The van der Waals surface area contributed by atoms with Gasteiger partial charge in [-0.1, -0.05) is 139 Å². The molecule has 0 aromatic heterocycles. The van der Waals surface area contributed by atoms with E-state index in [9.17, 15) is 86.3 Å². The van der Waals surface area contributed by atoms with Crippen LogP contribution in [-0.4, -0.2) is 195 Å². The summed E-state index contributed by atoms with van der Waals surface area (Å²) < 4.78 is 40.4.